The van der Waals surface area contributed by atoms with Crippen molar-refractivity contribution in [1.82, 2.24) is 4.72 Å². The van der Waals surface area contributed by atoms with Crippen LogP contribution >= 0.6 is 11.6 Å². The zero-order chi connectivity index (χ0) is 16.0. The van der Waals surface area contributed by atoms with Gasteiger partial charge >= 0.3 is 5.97 Å². The van der Waals surface area contributed by atoms with E-state index in [0.29, 0.717) is 0 Å². The van der Waals surface area contributed by atoms with Gasteiger partial charge in [-0.15, -0.1) is 0 Å². The van der Waals surface area contributed by atoms with E-state index in [1.807, 2.05) is 0 Å². The number of carboxylic acids is 1. The summed E-state index contributed by atoms with van der Waals surface area (Å²) >= 11 is 5.87. The third kappa shape index (κ3) is 5.05. The third-order valence-corrected chi connectivity index (χ3v) is 3.75. The summed E-state index contributed by atoms with van der Waals surface area (Å²) in [7, 11) is -1.15. The first-order valence-corrected chi connectivity index (χ1v) is 7.54. The number of aromatic carboxylic acids is 1. The summed E-state index contributed by atoms with van der Waals surface area (Å²) in [6.45, 7) is 0.281. The summed E-state index contributed by atoms with van der Waals surface area (Å²) in [5.41, 5.74) is -0.166. The molecule has 8 nitrogen and oxygen atoms in total. The molecular weight excluding hydrogens is 324 g/mol. The van der Waals surface area contributed by atoms with Crippen LogP contribution in [0.15, 0.2) is 12.1 Å². The SMILES string of the molecule is COCCNS(=O)(=O)Nc1cc(OC)c(C(=O)O)cc1Cl. The van der Waals surface area contributed by atoms with E-state index in [1.165, 1.54) is 20.3 Å². The minimum absolute atomic E-state index is 0.00318. The van der Waals surface area contributed by atoms with E-state index in [9.17, 15) is 13.2 Å². The van der Waals surface area contributed by atoms with Crippen LogP contribution in [0, 0.1) is 0 Å². The van der Waals surface area contributed by atoms with Crippen molar-refractivity contribution < 1.29 is 27.8 Å². The molecule has 1 aromatic rings. The van der Waals surface area contributed by atoms with Crippen LogP contribution in [-0.4, -0.2) is 46.9 Å². The molecule has 0 aliphatic rings. The van der Waals surface area contributed by atoms with Gasteiger partial charge in [0, 0.05) is 19.7 Å². The van der Waals surface area contributed by atoms with Crippen LogP contribution in [-0.2, 0) is 14.9 Å². The Kier molecular flexibility index (Phi) is 6.21. The number of ether oxygens (including phenoxy) is 2. The van der Waals surface area contributed by atoms with E-state index in [1.54, 1.807) is 0 Å². The van der Waals surface area contributed by atoms with Crippen molar-refractivity contribution in [2.45, 2.75) is 0 Å². The number of anilines is 1. The van der Waals surface area contributed by atoms with Crippen molar-refractivity contribution in [3.05, 3.63) is 22.7 Å². The molecule has 0 spiro atoms. The maximum atomic E-state index is 11.8. The van der Waals surface area contributed by atoms with Crippen LogP contribution < -0.4 is 14.2 Å². The molecule has 0 saturated carbocycles. The van der Waals surface area contributed by atoms with Crippen LogP contribution in [0.2, 0.25) is 5.02 Å². The molecule has 10 heteroatoms. The number of methoxy groups -OCH3 is 2. The highest BCUT2D eigenvalue weighted by Crippen LogP contribution is 2.31. The highest BCUT2D eigenvalue weighted by atomic mass is 35.5. The van der Waals surface area contributed by atoms with E-state index < -0.39 is 16.2 Å². The van der Waals surface area contributed by atoms with Gasteiger partial charge in [-0.2, -0.15) is 13.1 Å². The minimum Gasteiger partial charge on any atom is -0.496 e. The lowest BCUT2D eigenvalue weighted by molar-refractivity contribution is 0.0693. The maximum Gasteiger partial charge on any atom is 0.339 e. The molecule has 0 unspecified atom stereocenters. The van der Waals surface area contributed by atoms with Gasteiger partial charge in [0.05, 0.1) is 24.4 Å². The standard InChI is InChI=1S/C11H15ClN2O6S/c1-19-4-3-13-21(17,18)14-9-6-10(20-2)7(11(15)16)5-8(9)12/h5-6,13-14H,3-4H2,1-2H3,(H,15,16). The van der Waals surface area contributed by atoms with Gasteiger partial charge in [0.25, 0.3) is 10.2 Å². The molecule has 0 saturated heterocycles. The average Bonchev–Trinajstić information content (AvgIpc) is 2.40. The topological polar surface area (TPSA) is 114 Å². The smallest absolute Gasteiger partial charge is 0.339 e. The summed E-state index contributed by atoms with van der Waals surface area (Å²) in [5, 5.41) is 8.92. The molecule has 0 radical (unpaired) electrons. The molecule has 0 amide bonds. The van der Waals surface area contributed by atoms with E-state index in [-0.39, 0.29) is 35.2 Å². The Hall–Kier alpha value is -1.55. The molecule has 0 atom stereocenters. The van der Waals surface area contributed by atoms with Gasteiger partial charge in [-0.05, 0) is 6.07 Å². The Morgan fingerprint density at radius 3 is 2.57 bits per heavy atom. The Morgan fingerprint density at radius 1 is 1.38 bits per heavy atom. The molecule has 0 aromatic heterocycles. The summed E-state index contributed by atoms with van der Waals surface area (Å²) in [6, 6.07) is 2.30. The molecule has 0 aliphatic heterocycles. The van der Waals surface area contributed by atoms with Crippen LogP contribution in [0.25, 0.3) is 0 Å². The highest BCUT2D eigenvalue weighted by Gasteiger charge is 2.18. The van der Waals surface area contributed by atoms with E-state index >= 15 is 0 Å². The molecule has 0 aliphatic carbocycles. The lowest BCUT2D eigenvalue weighted by atomic mass is 10.2. The number of carbonyl (C=O) groups is 1. The van der Waals surface area contributed by atoms with Gasteiger partial charge in [0.2, 0.25) is 0 Å². The first kappa shape index (κ1) is 17.5. The van der Waals surface area contributed by atoms with E-state index in [4.69, 9.17) is 26.2 Å². The molecule has 0 bridgehead atoms. The summed E-state index contributed by atoms with van der Waals surface area (Å²) in [5.74, 6) is -1.25. The van der Waals surface area contributed by atoms with Crippen molar-refractivity contribution in [3.8, 4) is 5.75 Å². The van der Waals surface area contributed by atoms with Crippen molar-refractivity contribution in [3.63, 3.8) is 0 Å². The van der Waals surface area contributed by atoms with Gasteiger partial charge in [-0.25, -0.2) is 4.79 Å². The lowest BCUT2D eigenvalue weighted by Crippen LogP contribution is -2.32. The largest absolute Gasteiger partial charge is 0.496 e. The summed E-state index contributed by atoms with van der Waals surface area (Å²) in [4.78, 5) is 11.0. The zero-order valence-corrected chi connectivity index (χ0v) is 12.9. The highest BCUT2D eigenvalue weighted by molar-refractivity contribution is 7.90. The number of rotatable bonds is 8. The van der Waals surface area contributed by atoms with E-state index in [2.05, 4.69) is 9.44 Å². The fourth-order valence-corrected chi connectivity index (χ4v) is 2.58. The van der Waals surface area contributed by atoms with Gasteiger partial charge in [0.15, 0.2) is 0 Å². The van der Waals surface area contributed by atoms with Gasteiger partial charge in [-0.1, -0.05) is 11.6 Å². The second kappa shape index (κ2) is 7.46. The first-order valence-electron chi connectivity index (χ1n) is 5.68. The monoisotopic (exact) mass is 338 g/mol. The Balaban J connectivity index is 3.01. The second-order valence-corrected chi connectivity index (χ2v) is 5.74. The number of halogens is 1. The van der Waals surface area contributed by atoms with Crippen molar-refractivity contribution in [2.24, 2.45) is 0 Å². The number of hydrogen-bond donors (Lipinski definition) is 3. The molecule has 1 rings (SSSR count). The first-order chi connectivity index (χ1) is 9.80. The molecule has 0 fully saturated rings. The molecular formula is C11H15ClN2O6S. The van der Waals surface area contributed by atoms with Crippen LogP contribution in [0.3, 0.4) is 0 Å². The van der Waals surface area contributed by atoms with Gasteiger partial charge in [-0.3, -0.25) is 4.72 Å². The quantitative estimate of drug-likeness (QED) is 0.608. The van der Waals surface area contributed by atoms with Crippen LogP contribution in [0.4, 0.5) is 5.69 Å². The van der Waals surface area contributed by atoms with Gasteiger partial charge in [0.1, 0.15) is 11.3 Å². The van der Waals surface area contributed by atoms with Crippen LogP contribution in [0.1, 0.15) is 10.4 Å². The molecule has 21 heavy (non-hydrogen) atoms. The summed E-state index contributed by atoms with van der Waals surface area (Å²) in [6.07, 6.45) is 0. The predicted molar refractivity (Wildman–Crippen MR) is 77.4 cm³/mol. The average molecular weight is 339 g/mol. The second-order valence-electron chi connectivity index (χ2n) is 3.83. The van der Waals surface area contributed by atoms with E-state index in [0.717, 1.165) is 6.07 Å². The molecule has 3 N–H and O–H groups in total. The number of benzene rings is 1. The zero-order valence-electron chi connectivity index (χ0n) is 11.3. The normalized spacial score (nSPS) is 11.2. The number of hydrogen-bond acceptors (Lipinski definition) is 5. The number of nitrogens with one attached hydrogen (secondary N) is 2. The Morgan fingerprint density at radius 2 is 2.05 bits per heavy atom. The predicted octanol–water partition coefficient (Wildman–Crippen LogP) is 0.940. The minimum atomic E-state index is -3.85. The molecule has 0 heterocycles. The van der Waals surface area contributed by atoms with Crippen molar-refractivity contribution in [1.29, 1.82) is 0 Å². The third-order valence-electron chi connectivity index (χ3n) is 2.36. The van der Waals surface area contributed by atoms with Crippen LogP contribution in [0.5, 0.6) is 5.75 Å². The Bertz CT molecular complexity index is 619. The molecule has 118 valence electrons. The lowest BCUT2D eigenvalue weighted by Gasteiger charge is -2.13. The maximum absolute atomic E-state index is 11.8. The van der Waals surface area contributed by atoms with Gasteiger partial charge < -0.3 is 14.6 Å². The fraction of sp³-hybridized carbons (Fsp3) is 0.364. The number of carboxylic acid groups (broad SMARTS) is 1. The molecule has 1 aromatic carbocycles. The summed E-state index contributed by atoms with van der Waals surface area (Å²) < 4.78 is 37.5. The fourth-order valence-electron chi connectivity index (χ4n) is 1.43. The van der Waals surface area contributed by atoms with Crippen molar-refractivity contribution >= 4 is 33.5 Å². The Labute approximate surface area is 127 Å². The van der Waals surface area contributed by atoms with Crippen molar-refractivity contribution in [2.75, 3.05) is 32.1 Å².